The Hall–Kier alpha value is -1.97. The molecule has 0 aliphatic carbocycles. The fourth-order valence-corrected chi connectivity index (χ4v) is 2.92. The topological polar surface area (TPSA) is 147 Å². The van der Waals surface area contributed by atoms with Crippen molar-refractivity contribution in [3.8, 4) is 0 Å². The van der Waals surface area contributed by atoms with E-state index in [2.05, 4.69) is 4.98 Å². The number of aliphatic hydroxyl groups is 1. The van der Waals surface area contributed by atoms with Crippen molar-refractivity contribution in [1.29, 1.82) is 0 Å². The highest BCUT2D eigenvalue weighted by atomic mass is 16.3. The van der Waals surface area contributed by atoms with Crippen LogP contribution in [-0.2, 0) is 4.79 Å². The summed E-state index contributed by atoms with van der Waals surface area (Å²) < 4.78 is 1.27. The number of likely N-dealkylation sites (tertiary alicyclic amines) is 1. The minimum Gasteiger partial charge on any atom is -0.389 e. The number of nitrogens with zero attached hydrogens (tertiary/aromatic N) is 2. The molecule has 6 N–H and O–H groups in total. The van der Waals surface area contributed by atoms with Crippen LogP contribution in [0.2, 0.25) is 0 Å². The molecular formula is C15H25N5O4. The fourth-order valence-electron chi connectivity index (χ4n) is 2.92. The van der Waals surface area contributed by atoms with Crippen molar-refractivity contribution in [3.05, 3.63) is 32.6 Å². The standard InChI is InChI=1S/C15H25N5O4/c1-9-6-20(15(24)18-13(9)22)11-7-19(8-12(11)21)14(23)10(17)4-2-3-5-16/h6,10-12,21H,2-5,7-8,16-17H2,1H3,(H,18,22,24)/t10-,11+,12+/m1/s1. The molecule has 1 fully saturated rings. The number of carbonyl (C=O) groups is 1. The molecule has 1 aromatic heterocycles. The first kappa shape index (κ1) is 18.4. The molecule has 1 aliphatic heterocycles. The van der Waals surface area contributed by atoms with Gasteiger partial charge in [0.1, 0.15) is 0 Å². The van der Waals surface area contributed by atoms with Crippen molar-refractivity contribution < 1.29 is 9.90 Å². The number of unbranched alkanes of at least 4 members (excludes halogenated alkanes) is 1. The number of nitrogens with two attached hydrogens (primary N) is 2. The molecular weight excluding hydrogens is 314 g/mol. The first-order valence-corrected chi connectivity index (χ1v) is 8.09. The van der Waals surface area contributed by atoms with Crippen LogP contribution in [0, 0.1) is 6.92 Å². The van der Waals surface area contributed by atoms with Gasteiger partial charge in [-0.3, -0.25) is 19.1 Å². The van der Waals surface area contributed by atoms with E-state index in [1.807, 2.05) is 0 Å². The predicted molar refractivity (Wildman–Crippen MR) is 88.6 cm³/mol. The lowest BCUT2D eigenvalue weighted by Gasteiger charge is -2.21. The monoisotopic (exact) mass is 339 g/mol. The number of aryl methyl sites for hydroxylation is 1. The molecule has 0 bridgehead atoms. The molecule has 2 heterocycles. The first-order valence-electron chi connectivity index (χ1n) is 8.09. The number of β-amino-alcohol motifs (C(OH)–C–C–N with tert-alkyl or cyclic N) is 1. The van der Waals surface area contributed by atoms with Crippen LogP contribution in [0.1, 0.15) is 30.9 Å². The number of amides is 1. The molecule has 0 spiro atoms. The number of aromatic nitrogens is 2. The van der Waals surface area contributed by atoms with Gasteiger partial charge in [-0.15, -0.1) is 0 Å². The Morgan fingerprint density at radius 2 is 2.12 bits per heavy atom. The van der Waals surface area contributed by atoms with Crippen LogP contribution >= 0.6 is 0 Å². The van der Waals surface area contributed by atoms with Crippen LogP contribution in [0.4, 0.5) is 0 Å². The number of rotatable bonds is 6. The summed E-state index contributed by atoms with van der Waals surface area (Å²) in [5.41, 5.74) is 10.6. The largest absolute Gasteiger partial charge is 0.389 e. The summed E-state index contributed by atoms with van der Waals surface area (Å²) in [6.07, 6.45) is 2.61. The summed E-state index contributed by atoms with van der Waals surface area (Å²) in [5, 5.41) is 10.2. The molecule has 0 saturated carbocycles. The van der Waals surface area contributed by atoms with Crippen LogP contribution in [0.15, 0.2) is 15.8 Å². The van der Waals surface area contributed by atoms with E-state index in [0.717, 1.165) is 12.8 Å². The Balaban J connectivity index is 2.09. The normalized spacial score (nSPS) is 21.9. The molecule has 0 radical (unpaired) electrons. The van der Waals surface area contributed by atoms with Crippen LogP contribution in [-0.4, -0.2) is 57.2 Å². The highest BCUT2D eigenvalue weighted by Gasteiger charge is 2.37. The Morgan fingerprint density at radius 3 is 2.79 bits per heavy atom. The van der Waals surface area contributed by atoms with Gasteiger partial charge in [0.25, 0.3) is 5.56 Å². The zero-order valence-electron chi connectivity index (χ0n) is 13.8. The summed E-state index contributed by atoms with van der Waals surface area (Å²) >= 11 is 0. The quantitative estimate of drug-likeness (QED) is 0.443. The van der Waals surface area contributed by atoms with E-state index in [1.54, 1.807) is 6.92 Å². The number of H-pyrrole nitrogens is 1. The highest BCUT2D eigenvalue weighted by molar-refractivity contribution is 5.82. The smallest absolute Gasteiger partial charge is 0.328 e. The Labute approximate surface area is 139 Å². The summed E-state index contributed by atoms with van der Waals surface area (Å²) in [6.45, 7) is 2.42. The summed E-state index contributed by atoms with van der Waals surface area (Å²) in [6, 6.07) is -1.25. The maximum atomic E-state index is 12.4. The van der Waals surface area contributed by atoms with Gasteiger partial charge in [-0.2, -0.15) is 0 Å². The molecule has 2 rings (SSSR count). The average molecular weight is 339 g/mol. The van der Waals surface area contributed by atoms with Crippen molar-refractivity contribution in [2.75, 3.05) is 19.6 Å². The molecule has 1 aromatic rings. The van der Waals surface area contributed by atoms with Gasteiger partial charge in [0.2, 0.25) is 5.91 Å². The van der Waals surface area contributed by atoms with Gasteiger partial charge in [0.05, 0.1) is 18.2 Å². The maximum Gasteiger partial charge on any atom is 0.328 e. The second kappa shape index (κ2) is 7.73. The molecule has 9 nitrogen and oxygen atoms in total. The van der Waals surface area contributed by atoms with E-state index in [1.165, 1.54) is 15.7 Å². The molecule has 1 aliphatic rings. The van der Waals surface area contributed by atoms with Crippen LogP contribution in [0.25, 0.3) is 0 Å². The lowest BCUT2D eigenvalue weighted by Crippen LogP contribution is -2.43. The number of nitrogens with one attached hydrogen (secondary N) is 1. The molecule has 24 heavy (non-hydrogen) atoms. The Bertz CT molecular complexity index is 698. The van der Waals surface area contributed by atoms with Crippen molar-refractivity contribution in [1.82, 2.24) is 14.5 Å². The van der Waals surface area contributed by atoms with Crippen molar-refractivity contribution >= 4 is 5.91 Å². The van der Waals surface area contributed by atoms with E-state index in [4.69, 9.17) is 11.5 Å². The molecule has 1 saturated heterocycles. The molecule has 9 heteroatoms. The third-order valence-corrected chi connectivity index (χ3v) is 4.36. The zero-order chi connectivity index (χ0) is 17.9. The molecule has 1 amide bonds. The van der Waals surface area contributed by atoms with E-state index in [0.29, 0.717) is 18.5 Å². The lowest BCUT2D eigenvalue weighted by atomic mass is 10.1. The highest BCUT2D eigenvalue weighted by Crippen LogP contribution is 2.21. The SMILES string of the molecule is Cc1cn([C@H]2CN(C(=O)[C@H](N)CCCCN)C[C@@H]2O)c(=O)[nH]c1=O. The summed E-state index contributed by atoms with van der Waals surface area (Å²) in [5.74, 6) is -0.247. The Morgan fingerprint density at radius 1 is 1.42 bits per heavy atom. The number of aromatic amines is 1. The van der Waals surface area contributed by atoms with Crippen LogP contribution in [0.3, 0.4) is 0 Å². The minimum absolute atomic E-state index is 0.110. The van der Waals surface area contributed by atoms with Gasteiger partial charge < -0.3 is 21.5 Å². The second-order valence-corrected chi connectivity index (χ2v) is 6.25. The molecule has 3 atom stereocenters. The first-order chi connectivity index (χ1) is 11.3. The van der Waals surface area contributed by atoms with Gasteiger partial charge in [0.15, 0.2) is 0 Å². The second-order valence-electron chi connectivity index (χ2n) is 6.25. The minimum atomic E-state index is -0.895. The molecule has 0 aromatic carbocycles. The van der Waals surface area contributed by atoms with Gasteiger partial charge in [-0.05, 0) is 26.3 Å². The van der Waals surface area contributed by atoms with Gasteiger partial charge in [0, 0.05) is 24.8 Å². The average Bonchev–Trinajstić information content (AvgIpc) is 2.92. The third kappa shape index (κ3) is 3.92. The number of hydrogen-bond donors (Lipinski definition) is 4. The predicted octanol–water partition coefficient (Wildman–Crippen LogP) is -1.95. The fraction of sp³-hybridized carbons (Fsp3) is 0.667. The Kier molecular flexibility index (Phi) is 5.92. The number of aliphatic hydroxyl groups excluding tert-OH is 1. The molecule has 134 valence electrons. The summed E-state index contributed by atoms with van der Waals surface area (Å²) in [7, 11) is 0. The van der Waals surface area contributed by atoms with Crippen molar-refractivity contribution in [2.45, 2.75) is 44.4 Å². The summed E-state index contributed by atoms with van der Waals surface area (Å²) in [4.78, 5) is 39.5. The third-order valence-electron chi connectivity index (χ3n) is 4.36. The van der Waals surface area contributed by atoms with Crippen molar-refractivity contribution in [2.24, 2.45) is 11.5 Å². The van der Waals surface area contributed by atoms with Gasteiger partial charge in [-0.25, -0.2) is 4.79 Å². The van der Waals surface area contributed by atoms with Crippen LogP contribution < -0.4 is 22.7 Å². The zero-order valence-corrected chi connectivity index (χ0v) is 13.8. The van der Waals surface area contributed by atoms with E-state index in [-0.39, 0.29) is 19.0 Å². The van der Waals surface area contributed by atoms with Gasteiger partial charge >= 0.3 is 5.69 Å². The maximum absolute atomic E-state index is 12.4. The lowest BCUT2D eigenvalue weighted by molar-refractivity contribution is -0.132. The van der Waals surface area contributed by atoms with Gasteiger partial charge in [-0.1, -0.05) is 6.42 Å². The number of hydrogen-bond acceptors (Lipinski definition) is 6. The van der Waals surface area contributed by atoms with Crippen LogP contribution in [0.5, 0.6) is 0 Å². The molecule has 0 unspecified atom stereocenters. The van der Waals surface area contributed by atoms with E-state index < -0.39 is 29.4 Å². The van der Waals surface area contributed by atoms with Crippen molar-refractivity contribution in [3.63, 3.8) is 0 Å². The van der Waals surface area contributed by atoms with E-state index >= 15 is 0 Å². The number of carbonyl (C=O) groups excluding carboxylic acids is 1. The van der Waals surface area contributed by atoms with E-state index in [9.17, 15) is 19.5 Å².